The van der Waals surface area contributed by atoms with Crippen LogP contribution >= 0.6 is 23.4 Å². The van der Waals surface area contributed by atoms with Crippen molar-refractivity contribution < 1.29 is 14.3 Å². The maximum absolute atomic E-state index is 12.3. The van der Waals surface area contributed by atoms with E-state index in [0.717, 1.165) is 5.56 Å². The van der Waals surface area contributed by atoms with E-state index in [1.54, 1.807) is 61.2 Å². The van der Waals surface area contributed by atoms with Crippen molar-refractivity contribution in [3.63, 3.8) is 0 Å². The zero-order chi connectivity index (χ0) is 22.4. The van der Waals surface area contributed by atoms with E-state index in [4.69, 9.17) is 16.3 Å². The molecule has 0 saturated carbocycles. The highest BCUT2D eigenvalue weighted by Gasteiger charge is 2.14. The smallest absolute Gasteiger partial charge is 0.251 e. The summed E-state index contributed by atoms with van der Waals surface area (Å²) in [7, 11) is 3.36. The van der Waals surface area contributed by atoms with E-state index in [-0.39, 0.29) is 24.1 Å². The van der Waals surface area contributed by atoms with Crippen LogP contribution in [0.5, 0.6) is 5.75 Å². The number of halogens is 1. The molecule has 3 aromatic rings. The van der Waals surface area contributed by atoms with Crippen LogP contribution in [0.15, 0.2) is 47.6 Å². The second-order valence-corrected chi connectivity index (χ2v) is 7.97. The molecule has 2 aromatic carbocycles. The Labute approximate surface area is 189 Å². The molecule has 1 heterocycles. The third kappa shape index (κ3) is 5.77. The molecule has 8 nitrogen and oxygen atoms in total. The number of carbonyl (C=O) groups excluding carboxylic acids is 2. The Morgan fingerprint density at radius 3 is 2.61 bits per heavy atom. The molecule has 0 atom stereocenters. The molecule has 0 radical (unpaired) electrons. The minimum absolute atomic E-state index is 0.163. The molecular weight excluding hydrogens is 438 g/mol. The third-order valence-electron chi connectivity index (χ3n) is 4.56. The van der Waals surface area contributed by atoms with Crippen molar-refractivity contribution in [1.82, 2.24) is 20.1 Å². The first-order valence-corrected chi connectivity index (χ1v) is 10.7. The van der Waals surface area contributed by atoms with Crippen molar-refractivity contribution >= 4 is 40.9 Å². The summed E-state index contributed by atoms with van der Waals surface area (Å²) in [6.45, 7) is 2.06. The summed E-state index contributed by atoms with van der Waals surface area (Å²) in [4.78, 5) is 24.6. The molecule has 0 aliphatic carbocycles. The number of anilines is 1. The van der Waals surface area contributed by atoms with Gasteiger partial charge in [0.05, 0.1) is 19.4 Å². The number of hydrogen-bond acceptors (Lipinski definition) is 6. The zero-order valence-electron chi connectivity index (χ0n) is 17.3. The molecule has 0 fully saturated rings. The number of carbonyl (C=O) groups is 2. The quantitative estimate of drug-likeness (QED) is 0.501. The van der Waals surface area contributed by atoms with Crippen LogP contribution in [-0.2, 0) is 18.4 Å². The van der Waals surface area contributed by atoms with Crippen LogP contribution in [0.3, 0.4) is 0 Å². The molecule has 2 amide bonds. The van der Waals surface area contributed by atoms with Crippen LogP contribution in [-0.4, -0.2) is 39.4 Å². The summed E-state index contributed by atoms with van der Waals surface area (Å²) in [5, 5.41) is 15.0. The van der Waals surface area contributed by atoms with Crippen molar-refractivity contribution in [3.8, 4) is 5.75 Å². The third-order valence-corrected chi connectivity index (χ3v) is 5.99. The monoisotopic (exact) mass is 459 g/mol. The first-order valence-electron chi connectivity index (χ1n) is 9.37. The molecule has 0 unspecified atom stereocenters. The molecule has 31 heavy (non-hydrogen) atoms. The van der Waals surface area contributed by atoms with Gasteiger partial charge in [0, 0.05) is 23.3 Å². The normalized spacial score (nSPS) is 10.6. The minimum atomic E-state index is -0.226. The Hall–Kier alpha value is -3.04. The highest BCUT2D eigenvalue weighted by molar-refractivity contribution is 7.99. The maximum atomic E-state index is 12.3. The van der Waals surface area contributed by atoms with Gasteiger partial charge in [-0.3, -0.25) is 9.59 Å². The van der Waals surface area contributed by atoms with Crippen molar-refractivity contribution in [2.75, 3.05) is 18.2 Å². The van der Waals surface area contributed by atoms with E-state index in [1.165, 1.54) is 11.8 Å². The molecule has 1 aromatic heterocycles. The van der Waals surface area contributed by atoms with E-state index in [9.17, 15) is 9.59 Å². The van der Waals surface area contributed by atoms with E-state index in [0.29, 0.717) is 33.0 Å². The number of benzene rings is 2. The summed E-state index contributed by atoms with van der Waals surface area (Å²) in [5.41, 5.74) is 2.01. The van der Waals surface area contributed by atoms with Gasteiger partial charge in [0.25, 0.3) is 5.91 Å². The fraction of sp³-hybridized carbons (Fsp3) is 0.238. The predicted octanol–water partition coefficient (Wildman–Crippen LogP) is 3.45. The van der Waals surface area contributed by atoms with E-state index >= 15 is 0 Å². The summed E-state index contributed by atoms with van der Waals surface area (Å²) in [5.74, 6) is 1.02. The van der Waals surface area contributed by atoms with Gasteiger partial charge in [0.1, 0.15) is 5.75 Å². The van der Waals surface area contributed by atoms with E-state index < -0.39 is 0 Å². The molecule has 10 heteroatoms. The predicted molar refractivity (Wildman–Crippen MR) is 121 cm³/mol. The Bertz CT molecular complexity index is 1090. The number of thioether (sulfide) groups is 1. The first kappa shape index (κ1) is 22.6. The summed E-state index contributed by atoms with van der Waals surface area (Å²) < 4.78 is 6.84. The number of methoxy groups -OCH3 is 1. The Balaban J connectivity index is 1.53. The van der Waals surface area contributed by atoms with Crippen molar-refractivity contribution in [3.05, 3.63) is 64.4 Å². The van der Waals surface area contributed by atoms with E-state index in [1.807, 2.05) is 6.92 Å². The van der Waals surface area contributed by atoms with Crippen molar-refractivity contribution in [2.45, 2.75) is 18.6 Å². The second-order valence-electron chi connectivity index (χ2n) is 6.62. The van der Waals surface area contributed by atoms with Gasteiger partial charge >= 0.3 is 0 Å². The lowest BCUT2D eigenvalue weighted by Gasteiger charge is -2.09. The number of nitrogens with one attached hydrogen (secondary N) is 2. The van der Waals surface area contributed by atoms with Gasteiger partial charge in [-0.25, -0.2) is 0 Å². The topological polar surface area (TPSA) is 98.1 Å². The Morgan fingerprint density at radius 2 is 1.90 bits per heavy atom. The lowest BCUT2D eigenvalue weighted by Crippen LogP contribution is -2.24. The van der Waals surface area contributed by atoms with Crippen LogP contribution in [0.4, 0.5) is 5.69 Å². The lowest BCUT2D eigenvalue weighted by molar-refractivity contribution is -0.113. The maximum Gasteiger partial charge on any atom is 0.251 e. The van der Waals surface area contributed by atoms with Crippen LogP contribution < -0.4 is 15.4 Å². The van der Waals surface area contributed by atoms with Crippen molar-refractivity contribution in [2.24, 2.45) is 7.05 Å². The molecule has 162 valence electrons. The van der Waals surface area contributed by atoms with Crippen LogP contribution in [0.25, 0.3) is 0 Å². The number of amides is 2. The Morgan fingerprint density at radius 1 is 1.16 bits per heavy atom. The number of aromatic nitrogens is 3. The SMILES string of the molecule is COc1ccc(C(=O)NCc2nnc(SCC(=O)Nc3cccc(Cl)c3C)n2C)cc1. The standard InChI is InChI=1S/C21H22ClN5O3S/c1-13-16(22)5-4-6-17(13)24-19(28)12-31-21-26-25-18(27(21)2)11-23-20(29)14-7-9-15(30-3)10-8-14/h4-10H,11-12H2,1-3H3,(H,23,29)(H,24,28). The van der Waals surface area contributed by atoms with Gasteiger partial charge in [-0.2, -0.15) is 0 Å². The average Bonchev–Trinajstić information content (AvgIpc) is 3.13. The Kier molecular flexibility index (Phi) is 7.54. The molecule has 0 aliphatic rings. The van der Waals surface area contributed by atoms with Crippen LogP contribution in [0.2, 0.25) is 5.02 Å². The lowest BCUT2D eigenvalue weighted by atomic mass is 10.2. The van der Waals surface area contributed by atoms with Crippen molar-refractivity contribution in [1.29, 1.82) is 0 Å². The van der Waals surface area contributed by atoms with Gasteiger partial charge in [-0.1, -0.05) is 29.4 Å². The van der Waals surface area contributed by atoms with Crippen LogP contribution in [0.1, 0.15) is 21.7 Å². The molecule has 0 bridgehead atoms. The number of ether oxygens (including phenoxy) is 1. The number of rotatable bonds is 8. The number of hydrogen-bond donors (Lipinski definition) is 2. The van der Waals surface area contributed by atoms with Crippen LogP contribution in [0, 0.1) is 6.92 Å². The fourth-order valence-corrected chi connectivity index (χ4v) is 3.59. The zero-order valence-corrected chi connectivity index (χ0v) is 18.9. The summed E-state index contributed by atoms with van der Waals surface area (Å²) >= 11 is 7.34. The summed E-state index contributed by atoms with van der Waals surface area (Å²) in [6.07, 6.45) is 0. The van der Waals surface area contributed by atoms with Gasteiger partial charge in [0.15, 0.2) is 11.0 Å². The molecule has 0 spiro atoms. The molecule has 0 aliphatic heterocycles. The summed E-state index contributed by atoms with van der Waals surface area (Å²) in [6, 6.07) is 12.2. The molecule has 2 N–H and O–H groups in total. The van der Waals surface area contributed by atoms with E-state index in [2.05, 4.69) is 20.8 Å². The van der Waals surface area contributed by atoms with Gasteiger partial charge in [0.2, 0.25) is 5.91 Å². The average molecular weight is 460 g/mol. The highest BCUT2D eigenvalue weighted by Crippen LogP contribution is 2.23. The van der Waals surface area contributed by atoms with Gasteiger partial charge in [-0.05, 0) is 48.9 Å². The minimum Gasteiger partial charge on any atom is -0.497 e. The largest absolute Gasteiger partial charge is 0.497 e. The molecule has 3 rings (SSSR count). The first-order chi connectivity index (χ1) is 14.9. The second kappa shape index (κ2) is 10.3. The molecular formula is C21H22ClN5O3S. The van der Waals surface area contributed by atoms with Gasteiger partial charge < -0.3 is 19.9 Å². The molecule has 0 saturated heterocycles. The van der Waals surface area contributed by atoms with Gasteiger partial charge in [-0.15, -0.1) is 10.2 Å². The fourth-order valence-electron chi connectivity index (χ4n) is 2.69. The highest BCUT2D eigenvalue weighted by atomic mass is 35.5. The number of nitrogens with zero attached hydrogens (tertiary/aromatic N) is 3.